The molecule has 0 N–H and O–H groups in total. The standard InChI is InChI=1S/C12H13ClS2/c1-2-10-3-4-12(15-10)11(13)7-9-5-6-14-8-9/h3-6,8,11H,2,7H2,1H3. The van der Waals surface area contributed by atoms with Crippen molar-refractivity contribution in [2.45, 2.75) is 25.1 Å². The Morgan fingerprint density at radius 3 is 2.80 bits per heavy atom. The maximum absolute atomic E-state index is 6.38. The van der Waals surface area contributed by atoms with Crippen molar-refractivity contribution in [1.82, 2.24) is 0 Å². The highest BCUT2D eigenvalue weighted by Crippen LogP contribution is 2.31. The van der Waals surface area contributed by atoms with E-state index in [1.54, 1.807) is 11.3 Å². The van der Waals surface area contributed by atoms with Gasteiger partial charge in [0.15, 0.2) is 0 Å². The summed E-state index contributed by atoms with van der Waals surface area (Å²) >= 11 is 9.95. The number of aryl methyl sites for hydroxylation is 1. The van der Waals surface area contributed by atoms with E-state index in [1.165, 1.54) is 15.3 Å². The Hall–Kier alpha value is -0.310. The molecule has 0 aliphatic rings. The summed E-state index contributed by atoms with van der Waals surface area (Å²) in [6, 6.07) is 6.49. The molecule has 2 aromatic heterocycles. The molecule has 0 fully saturated rings. The zero-order chi connectivity index (χ0) is 10.7. The van der Waals surface area contributed by atoms with Crippen LogP contribution < -0.4 is 0 Å². The molecule has 1 unspecified atom stereocenters. The summed E-state index contributed by atoms with van der Waals surface area (Å²) in [4.78, 5) is 2.71. The first kappa shape index (κ1) is 11.2. The van der Waals surface area contributed by atoms with Gasteiger partial charge in [0.25, 0.3) is 0 Å². The van der Waals surface area contributed by atoms with Crippen LogP contribution >= 0.6 is 34.3 Å². The van der Waals surface area contributed by atoms with Crippen LogP contribution in [0.5, 0.6) is 0 Å². The lowest BCUT2D eigenvalue weighted by atomic mass is 10.1. The second kappa shape index (κ2) is 5.15. The van der Waals surface area contributed by atoms with E-state index in [0.717, 1.165) is 12.8 Å². The van der Waals surface area contributed by atoms with Gasteiger partial charge in [0.05, 0.1) is 5.38 Å². The van der Waals surface area contributed by atoms with Crippen LogP contribution in [0.3, 0.4) is 0 Å². The van der Waals surface area contributed by atoms with Gasteiger partial charge in [0.1, 0.15) is 0 Å². The minimum absolute atomic E-state index is 0.130. The highest BCUT2D eigenvalue weighted by molar-refractivity contribution is 7.12. The molecule has 0 spiro atoms. The molecule has 0 saturated carbocycles. The zero-order valence-electron chi connectivity index (χ0n) is 8.57. The highest BCUT2D eigenvalue weighted by atomic mass is 35.5. The Morgan fingerprint density at radius 1 is 1.33 bits per heavy atom. The van der Waals surface area contributed by atoms with Gasteiger partial charge in [-0.05, 0) is 47.4 Å². The third-order valence-electron chi connectivity index (χ3n) is 2.33. The van der Waals surface area contributed by atoms with E-state index in [0.29, 0.717) is 0 Å². The summed E-state index contributed by atoms with van der Waals surface area (Å²) in [6.07, 6.45) is 2.04. The molecule has 1 atom stereocenters. The molecule has 0 bridgehead atoms. The number of hydrogen-bond donors (Lipinski definition) is 0. The van der Waals surface area contributed by atoms with Gasteiger partial charge < -0.3 is 0 Å². The molecule has 0 saturated heterocycles. The number of alkyl halides is 1. The van der Waals surface area contributed by atoms with Crippen LogP contribution in [0.2, 0.25) is 0 Å². The molecule has 15 heavy (non-hydrogen) atoms. The molecule has 0 amide bonds. The van der Waals surface area contributed by atoms with Crippen LogP contribution in [-0.4, -0.2) is 0 Å². The quantitative estimate of drug-likeness (QED) is 0.683. The third kappa shape index (κ3) is 2.83. The largest absolute Gasteiger partial charge is 0.152 e. The van der Waals surface area contributed by atoms with Gasteiger partial charge in [-0.25, -0.2) is 0 Å². The van der Waals surface area contributed by atoms with Crippen molar-refractivity contribution in [3.8, 4) is 0 Å². The fourth-order valence-electron chi connectivity index (χ4n) is 1.47. The van der Waals surface area contributed by atoms with Crippen molar-refractivity contribution in [3.05, 3.63) is 44.3 Å². The first-order valence-corrected chi connectivity index (χ1v) is 7.23. The summed E-state index contributed by atoms with van der Waals surface area (Å²) in [5, 5.41) is 4.40. The number of hydrogen-bond acceptors (Lipinski definition) is 2. The van der Waals surface area contributed by atoms with Gasteiger partial charge in [-0.2, -0.15) is 11.3 Å². The van der Waals surface area contributed by atoms with Gasteiger partial charge in [-0.1, -0.05) is 6.92 Å². The summed E-state index contributed by atoms with van der Waals surface area (Å²) in [6.45, 7) is 2.18. The SMILES string of the molecule is CCc1ccc(C(Cl)Cc2ccsc2)s1. The van der Waals surface area contributed by atoms with Crippen LogP contribution in [0.1, 0.15) is 27.6 Å². The van der Waals surface area contributed by atoms with Crippen molar-refractivity contribution < 1.29 is 0 Å². The van der Waals surface area contributed by atoms with E-state index in [9.17, 15) is 0 Å². The average Bonchev–Trinajstić information content (AvgIpc) is 2.86. The lowest BCUT2D eigenvalue weighted by Crippen LogP contribution is -1.90. The van der Waals surface area contributed by atoms with Gasteiger partial charge >= 0.3 is 0 Å². The Kier molecular flexibility index (Phi) is 3.84. The van der Waals surface area contributed by atoms with Crippen molar-refractivity contribution in [1.29, 1.82) is 0 Å². The maximum Gasteiger partial charge on any atom is 0.0719 e. The molecule has 0 aliphatic heterocycles. The van der Waals surface area contributed by atoms with Crippen molar-refractivity contribution in [3.63, 3.8) is 0 Å². The van der Waals surface area contributed by atoms with E-state index in [-0.39, 0.29) is 5.38 Å². The average molecular weight is 257 g/mol. The summed E-state index contributed by atoms with van der Waals surface area (Å²) in [5.41, 5.74) is 1.34. The van der Waals surface area contributed by atoms with E-state index in [2.05, 4.69) is 35.9 Å². The van der Waals surface area contributed by atoms with Crippen LogP contribution in [0, 0.1) is 0 Å². The second-order valence-corrected chi connectivity index (χ2v) is 5.97. The van der Waals surface area contributed by atoms with Crippen molar-refractivity contribution >= 4 is 34.3 Å². The first-order chi connectivity index (χ1) is 7.29. The zero-order valence-corrected chi connectivity index (χ0v) is 11.0. The van der Waals surface area contributed by atoms with Gasteiger partial charge in [0.2, 0.25) is 0 Å². The Balaban J connectivity index is 2.04. The third-order valence-corrected chi connectivity index (χ3v) is 4.93. The molecule has 0 radical (unpaired) electrons. The number of rotatable bonds is 4. The molecular formula is C12H13ClS2. The second-order valence-electron chi connectivity index (χ2n) is 3.46. The minimum atomic E-state index is 0.130. The molecule has 2 heterocycles. The predicted molar refractivity (Wildman–Crippen MR) is 70.3 cm³/mol. The van der Waals surface area contributed by atoms with Crippen molar-refractivity contribution in [2.24, 2.45) is 0 Å². The molecule has 0 nitrogen and oxygen atoms in total. The first-order valence-electron chi connectivity index (χ1n) is 5.03. The molecule has 80 valence electrons. The molecule has 0 aromatic carbocycles. The Morgan fingerprint density at radius 2 is 2.20 bits per heavy atom. The lowest BCUT2D eigenvalue weighted by molar-refractivity contribution is 0.945. The van der Waals surface area contributed by atoms with Gasteiger partial charge in [-0.15, -0.1) is 22.9 Å². The van der Waals surface area contributed by atoms with E-state index >= 15 is 0 Å². The smallest absolute Gasteiger partial charge is 0.0719 e. The van der Waals surface area contributed by atoms with E-state index in [4.69, 9.17) is 11.6 Å². The Labute approximate surface area is 104 Å². The summed E-state index contributed by atoms with van der Waals surface area (Å²) in [7, 11) is 0. The molecule has 2 aromatic rings. The topological polar surface area (TPSA) is 0 Å². The molecular weight excluding hydrogens is 244 g/mol. The Bertz CT molecular complexity index is 403. The van der Waals surface area contributed by atoms with E-state index in [1.807, 2.05) is 11.3 Å². The van der Waals surface area contributed by atoms with Crippen LogP contribution in [-0.2, 0) is 12.8 Å². The van der Waals surface area contributed by atoms with E-state index < -0.39 is 0 Å². The normalized spacial score (nSPS) is 12.9. The molecule has 0 aliphatic carbocycles. The van der Waals surface area contributed by atoms with Crippen LogP contribution in [0.25, 0.3) is 0 Å². The van der Waals surface area contributed by atoms with Crippen LogP contribution in [0.4, 0.5) is 0 Å². The van der Waals surface area contributed by atoms with Crippen molar-refractivity contribution in [2.75, 3.05) is 0 Å². The monoisotopic (exact) mass is 256 g/mol. The minimum Gasteiger partial charge on any atom is -0.152 e. The maximum atomic E-state index is 6.38. The molecule has 3 heteroatoms. The number of halogens is 1. The van der Waals surface area contributed by atoms with Crippen LogP contribution in [0.15, 0.2) is 29.0 Å². The van der Waals surface area contributed by atoms with Gasteiger partial charge in [0, 0.05) is 9.75 Å². The number of thiophene rings is 2. The predicted octanol–water partition coefficient (Wildman–Crippen LogP) is 4.89. The fraction of sp³-hybridized carbons (Fsp3) is 0.333. The molecule has 2 rings (SSSR count). The summed E-state index contributed by atoms with van der Waals surface area (Å²) < 4.78 is 0. The lowest BCUT2D eigenvalue weighted by Gasteiger charge is -2.04. The fourth-order valence-corrected chi connectivity index (χ4v) is 3.47. The van der Waals surface area contributed by atoms with Gasteiger partial charge in [-0.3, -0.25) is 0 Å². The highest BCUT2D eigenvalue weighted by Gasteiger charge is 2.11. The summed E-state index contributed by atoms with van der Waals surface area (Å²) in [5.74, 6) is 0.